The molecular formula is C21H34IN5OS. The molecular weight excluding hydrogens is 497 g/mol. The minimum atomic E-state index is 0. The van der Waals surface area contributed by atoms with E-state index in [0.717, 1.165) is 37.2 Å². The van der Waals surface area contributed by atoms with Crippen molar-refractivity contribution in [2.24, 2.45) is 16.8 Å². The van der Waals surface area contributed by atoms with Crippen molar-refractivity contribution in [3.8, 4) is 0 Å². The number of carbonyl (C=O) groups is 1. The summed E-state index contributed by atoms with van der Waals surface area (Å²) in [6.07, 6.45) is 11.1. The third-order valence-electron chi connectivity index (χ3n) is 6.45. The zero-order valence-corrected chi connectivity index (χ0v) is 20.7. The van der Waals surface area contributed by atoms with Crippen LogP contribution in [-0.2, 0) is 24.1 Å². The van der Waals surface area contributed by atoms with Crippen molar-refractivity contribution >= 4 is 47.2 Å². The fraction of sp³-hybridized carbons (Fsp3) is 0.762. The molecule has 3 unspecified atom stereocenters. The van der Waals surface area contributed by atoms with Crippen LogP contribution in [0.3, 0.4) is 0 Å². The van der Waals surface area contributed by atoms with Gasteiger partial charge in [0.1, 0.15) is 6.54 Å². The molecule has 2 fully saturated rings. The smallest absolute Gasteiger partial charge is 0.243 e. The number of guanidine groups is 1. The van der Waals surface area contributed by atoms with Gasteiger partial charge in [-0.3, -0.25) is 4.79 Å². The van der Waals surface area contributed by atoms with Gasteiger partial charge in [0, 0.05) is 38.0 Å². The van der Waals surface area contributed by atoms with Crippen LogP contribution in [0, 0.1) is 11.8 Å². The van der Waals surface area contributed by atoms with Gasteiger partial charge in [0.2, 0.25) is 5.91 Å². The van der Waals surface area contributed by atoms with E-state index in [9.17, 15) is 4.79 Å². The predicted octanol–water partition coefficient (Wildman–Crippen LogP) is 2.99. The zero-order chi connectivity index (χ0) is 19.5. The van der Waals surface area contributed by atoms with Crippen molar-refractivity contribution < 1.29 is 4.79 Å². The van der Waals surface area contributed by atoms with Crippen molar-refractivity contribution in [2.45, 2.75) is 63.8 Å². The van der Waals surface area contributed by atoms with Gasteiger partial charge in [0.15, 0.2) is 5.96 Å². The lowest BCUT2D eigenvalue weighted by Crippen LogP contribution is -2.46. The lowest BCUT2D eigenvalue weighted by molar-refractivity contribution is -0.127. The summed E-state index contributed by atoms with van der Waals surface area (Å²) in [5.74, 6) is 2.47. The number of amides is 1. The molecule has 1 amide bonds. The normalized spacial score (nSPS) is 25.3. The number of halogens is 1. The molecule has 162 valence electrons. The Hall–Kier alpha value is -0.900. The molecule has 0 radical (unpaired) electrons. The van der Waals surface area contributed by atoms with Crippen molar-refractivity contribution in [3.05, 3.63) is 15.6 Å². The number of aliphatic imine (C=N–C) groups is 1. The molecule has 6 nitrogen and oxygen atoms in total. The molecule has 0 spiro atoms. The number of thiazole rings is 1. The Labute approximate surface area is 195 Å². The molecule has 0 saturated heterocycles. The molecule has 2 bridgehead atoms. The lowest BCUT2D eigenvalue weighted by atomic mass is 9.95. The van der Waals surface area contributed by atoms with Gasteiger partial charge in [-0.05, 0) is 56.8 Å². The largest absolute Gasteiger partial charge is 0.356 e. The van der Waals surface area contributed by atoms with Gasteiger partial charge < -0.3 is 15.5 Å². The van der Waals surface area contributed by atoms with Crippen LogP contribution in [0.25, 0.3) is 0 Å². The fourth-order valence-electron chi connectivity index (χ4n) is 4.84. The highest BCUT2D eigenvalue weighted by molar-refractivity contribution is 14.0. The first-order valence-corrected chi connectivity index (χ1v) is 11.6. The third kappa shape index (κ3) is 5.83. The second kappa shape index (κ2) is 10.4. The number of hydrogen-bond donors (Lipinski definition) is 2. The maximum absolute atomic E-state index is 12.0. The summed E-state index contributed by atoms with van der Waals surface area (Å²) in [4.78, 5) is 24.5. The van der Waals surface area contributed by atoms with Gasteiger partial charge in [-0.15, -0.1) is 35.3 Å². The van der Waals surface area contributed by atoms with Crippen LogP contribution < -0.4 is 10.6 Å². The minimum Gasteiger partial charge on any atom is -0.356 e. The molecule has 2 saturated carbocycles. The Kier molecular flexibility index (Phi) is 8.18. The van der Waals surface area contributed by atoms with E-state index in [4.69, 9.17) is 4.98 Å². The number of rotatable bonds is 6. The molecule has 2 N–H and O–H groups in total. The van der Waals surface area contributed by atoms with E-state index in [1.165, 1.54) is 60.5 Å². The first-order valence-electron chi connectivity index (χ1n) is 10.8. The summed E-state index contributed by atoms with van der Waals surface area (Å²) in [6, 6.07) is 0.506. The minimum absolute atomic E-state index is 0. The SMILES string of the molecule is CN(C)C(=O)CN=C(NCCc1nc2c(s1)CCCC2)NC1CC2CCC1C2.I. The van der Waals surface area contributed by atoms with Crippen molar-refractivity contribution in [1.82, 2.24) is 20.5 Å². The number of aromatic nitrogens is 1. The predicted molar refractivity (Wildman–Crippen MR) is 129 cm³/mol. The van der Waals surface area contributed by atoms with E-state index in [1.807, 2.05) is 11.3 Å². The number of hydrogen-bond acceptors (Lipinski definition) is 4. The van der Waals surface area contributed by atoms with E-state index < -0.39 is 0 Å². The van der Waals surface area contributed by atoms with E-state index in [2.05, 4.69) is 15.6 Å². The summed E-state index contributed by atoms with van der Waals surface area (Å²) in [5, 5.41) is 8.32. The van der Waals surface area contributed by atoms with Gasteiger partial charge >= 0.3 is 0 Å². The first-order chi connectivity index (χ1) is 13.6. The van der Waals surface area contributed by atoms with Gasteiger partial charge in [-0.2, -0.15) is 0 Å². The zero-order valence-electron chi connectivity index (χ0n) is 17.6. The number of nitrogens with zero attached hydrogens (tertiary/aromatic N) is 3. The number of aryl methyl sites for hydroxylation is 2. The summed E-state index contributed by atoms with van der Waals surface area (Å²) in [6.45, 7) is 0.990. The van der Waals surface area contributed by atoms with E-state index in [-0.39, 0.29) is 36.4 Å². The van der Waals surface area contributed by atoms with Crippen molar-refractivity contribution in [3.63, 3.8) is 0 Å². The van der Waals surface area contributed by atoms with Crippen molar-refractivity contribution in [2.75, 3.05) is 27.2 Å². The molecule has 8 heteroatoms. The quantitative estimate of drug-likeness (QED) is 0.337. The van der Waals surface area contributed by atoms with Gasteiger partial charge in [0.25, 0.3) is 0 Å². The van der Waals surface area contributed by atoms with Crippen LogP contribution in [0.4, 0.5) is 0 Å². The molecule has 3 aliphatic carbocycles. The Morgan fingerprint density at radius 1 is 1.24 bits per heavy atom. The summed E-state index contributed by atoms with van der Waals surface area (Å²) < 4.78 is 0. The molecule has 1 heterocycles. The summed E-state index contributed by atoms with van der Waals surface area (Å²) in [5.41, 5.74) is 1.33. The van der Waals surface area contributed by atoms with Crippen molar-refractivity contribution in [1.29, 1.82) is 0 Å². The average Bonchev–Trinajstić information content (AvgIpc) is 3.40. The Morgan fingerprint density at radius 2 is 2.07 bits per heavy atom. The summed E-state index contributed by atoms with van der Waals surface area (Å²) in [7, 11) is 3.55. The monoisotopic (exact) mass is 531 g/mol. The molecule has 3 atom stereocenters. The number of likely N-dealkylation sites (N-methyl/N-ethyl adjacent to an activating group) is 1. The molecule has 4 rings (SSSR count). The standard InChI is InChI=1S/C21H33N5OS.HI/c1-26(2)20(27)13-23-21(25-17-12-14-7-8-15(17)11-14)22-10-9-19-24-16-5-3-4-6-18(16)28-19;/h14-15,17H,3-13H2,1-2H3,(H2,22,23,25);1H. The van der Waals surface area contributed by atoms with Crippen LogP contribution in [0.5, 0.6) is 0 Å². The van der Waals surface area contributed by atoms with Crippen LogP contribution in [0.2, 0.25) is 0 Å². The van der Waals surface area contributed by atoms with Crippen LogP contribution >= 0.6 is 35.3 Å². The fourth-order valence-corrected chi connectivity index (χ4v) is 5.99. The topological polar surface area (TPSA) is 69.6 Å². The molecule has 29 heavy (non-hydrogen) atoms. The Bertz CT molecular complexity index is 711. The molecule has 3 aliphatic rings. The average molecular weight is 532 g/mol. The van der Waals surface area contributed by atoms with Gasteiger partial charge in [0.05, 0.1) is 10.7 Å². The number of fused-ring (bicyclic) bond motifs is 3. The highest BCUT2D eigenvalue weighted by Crippen LogP contribution is 2.44. The lowest BCUT2D eigenvalue weighted by Gasteiger charge is -2.25. The second-order valence-corrected chi connectivity index (χ2v) is 9.91. The Morgan fingerprint density at radius 3 is 2.76 bits per heavy atom. The summed E-state index contributed by atoms with van der Waals surface area (Å²) >= 11 is 1.88. The molecule has 0 aromatic carbocycles. The molecule has 0 aliphatic heterocycles. The van der Waals surface area contributed by atoms with Crippen LogP contribution in [0.15, 0.2) is 4.99 Å². The maximum Gasteiger partial charge on any atom is 0.243 e. The van der Waals surface area contributed by atoms with Gasteiger partial charge in [-0.1, -0.05) is 6.42 Å². The van der Waals surface area contributed by atoms with Gasteiger partial charge in [-0.25, -0.2) is 9.98 Å². The van der Waals surface area contributed by atoms with E-state index in [1.54, 1.807) is 19.0 Å². The maximum atomic E-state index is 12.0. The molecule has 1 aromatic heterocycles. The second-order valence-electron chi connectivity index (χ2n) is 8.74. The molecule has 1 aromatic rings. The van der Waals surface area contributed by atoms with E-state index >= 15 is 0 Å². The highest BCUT2D eigenvalue weighted by Gasteiger charge is 2.39. The van der Waals surface area contributed by atoms with Crippen LogP contribution in [0.1, 0.15) is 54.1 Å². The third-order valence-corrected chi connectivity index (χ3v) is 7.67. The van der Waals surface area contributed by atoms with Crippen LogP contribution in [-0.4, -0.2) is 55.0 Å². The number of nitrogens with one attached hydrogen (secondary N) is 2. The number of carbonyl (C=O) groups excluding carboxylic acids is 1. The first kappa shape index (κ1) is 22.8. The Balaban J connectivity index is 0.00000240. The highest BCUT2D eigenvalue weighted by atomic mass is 127. The van der Waals surface area contributed by atoms with E-state index in [0.29, 0.717) is 6.04 Å².